The van der Waals surface area contributed by atoms with Crippen LogP contribution in [-0.4, -0.2) is 37.6 Å². The Bertz CT molecular complexity index is 536. The molecule has 0 aromatic heterocycles. The van der Waals surface area contributed by atoms with Crippen LogP contribution in [0, 0.1) is 11.7 Å². The first-order valence-electron chi connectivity index (χ1n) is 8.30. The smallest absolute Gasteiger partial charge is 0.234 e. The lowest BCUT2D eigenvalue weighted by molar-refractivity contribution is -0.123. The highest BCUT2D eigenvalue weighted by Gasteiger charge is 2.23. The number of hydrogen-bond donors (Lipinski definition) is 1. The van der Waals surface area contributed by atoms with Crippen molar-refractivity contribution in [1.29, 1.82) is 0 Å². The maximum atomic E-state index is 13.7. The van der Waals surface area contributed by atoms with Crippen molar-refractivity contribution in [1.82, 2.24) is 10.2 Å². The zero-order valence-electron chi connectivity index (χ0n) is 14.3. The van der Waals surface area contributed by atoms with Crippen molar-refractivity contribution in [3.63, 3.8) is 0 Å². The van der Waals surface area contributed by atoms with E-state index in [0.29, 0.717) is 25.0 Å². The third kappa shape index (κ3) is 5.20. The van der Waals surface area contributed by atoms with Gasteiger partial charge in [0, 0.05) is 12.6 Å². The van der Waals surface area contributed by atoms with E-state index in [9.17, 15) is 9.18 Å². The third-order valence-corrected chi connectivity index (χ3v) is 4.54. The Morgan fingerprint density at radius 2 is 2.13 bits per heavy atom. The lowest BCUT2D eigenvalue weighted by Crippen LogP contribution is -2.44. The molecule has 0 saturated heterocycles. The average Bonchev–Trinajstić information content (AvgIpc) is 2.49. The van der Waals surface area contributed by atoms with Crippen molar-refractivity contribution in [3.05, 3.63) is 29.6 Å². The monoisotopic (exact) mass is 322 g/mol. The predicted octanol–water partition coefficient (Wildman–Crippen LogP) is 2.96. The lowest BCUT2D eigenvalue weighted by atomic mass is 9.86. The van der Waals surface area contributed by atoms with E-state index in [4.69, 9.17) is 4.74 Å². The maximum Gasteiger partial charge on any atom is 0.234 e. The average molecular weight is 322 g/mol. The second-order valence-corrected chi connectivity index (χ2v) is 6.58. The van der Waals surface area contributed by atoms with E-state index in [1.807, 2.05) is 18.0 Å². The van der Waals surface area contributed by atoms with E-state index < -0.39 is 0 Å². The quantitative estimate of drug-likeness (QED) is 0.875. The molecule has 1 aromatic rings. The molecule has 1 amide bonds. The predicted molar refractivity (Wildman–Crippen MR) is 88.8 cm³/mol. The molecule has 0 radical (unpaired) electrons. The molecule has 128 valence electrons. The minimum atomic E-state index is -0.376. The number of halogens is 1. The summed E-state index contributed by atoms with van der Waals surface area (Å²) < 4.78 is 18.6. The Balaban J connectivity index is 1.82. The summed E-state index contributed by atoms with van der Waals surface area (Å²) >= 11 is 0. The number of carbonyl (C=O) groups is 1. The number of rotatable bonds is 6. The molecule has 0 unspecified atom stereocenters. The fourth-order valence-corrected chi connectivity index (χ4v) is 3.20. The highest BCUT2D eigenvalue weighted by molar-refractivity contribution is 5.78. The summed E-state index contributed by atoms with van der Waals surface area (Å²) in [6, 6.07) is 5.18. The van der Waals surface area contributed by atoms with Crippen molar-refractivity contribution in [3.8, 4) is 5.75 Å². The molecule has 0 aliphatic heterocycles. The Hall–Kier alpha value is -1.62. The third-order valence-electron chi connectivity index (χ3n) is 4.54. The van der Waals surface area contributed by atoms with E-state index >= 15 is 0 Å². The van der Waals surface area contributed by atoms with Gasteiger partial charge in [-0.3, -0.25) is 9.69 Å². The Kier molecular flexibility index (Phi) is 6.39. The van der Waals surface area contributed by atoms with Crippen molar-refractivity contribution >= 4 is 5.91 Å². The molecule has 1 aromatic carbocycles. The van der Waals surface area contributed by atoms with Gasteiger partial charge in [-0.15, -0.1) is 0 Å². The number of carbonyl (C=O) groups excluding carboxylic acids is 1. The first-order valence-corrected chi connectivity index (χ1v) is 8.30. The van der Waals surface area contributed by atoms with Gasteiger partial charge in [-0.2, -0.15) is 0 Å². The molecule has 0 heterocycles. The van der Waals surface area contributed by atoms with E-state index in [1.165, 1.54) is 32.4 Å². The van der Waals surface area contributed by atoms with Crippen LogP contribution >= 0.6 is 0 Å². The number of methoxy groups -OCH3 is 1. The van der Waals surface area contributed by atoms with E-state index in [2.05, 4.69) is 12.2 Å². The molecule has 2 atom stereocenters. The minimum absolute atomic E-state index is 0.0419. The number of benzene rings is 1. The van der Waals surface area contributed by atoms with Crippen molar-refractivity contribution in [2.45, 2.75) is 45.2 Å². The number of hydrogen-bond acceptors (Lipinski definition) is 3. The molecular weight excluding hydrogens is 295 g/mol. The number of ether oxygens (including phenoxy) is 1. The molecule has 0 spiro atoms. The van der Waals surface area contributed by atoms with Gasteiger partial charge in [0.2, 0.25) is 5.91 Å². The number of nitrogens with one attached hydrogen (secondary N) is 1. The summed E-state index contributed by atoms with van der Waals surface area (Å²) in [5.74, 6) is 0.452. The maximum absolute atomic E-state index is 13.7. The topological polar surface area (TPSA) is 41.6 Å². The fourth-order valence-electron chi connectivity index (χ4n) is 3.20. The van der Waals surface area contributed by atoms with Gasteiger partial charge in [0.15, 0.2) is 11.6 Å². The summed E-state index contributed by atoms with van der Waals surface area (Å²) in [6.07, 6.45) is 4.71. The Labute approximate surface area is 138 Å². The van der Waals surface area contributed by atoms with Gasteiger partial charge in [-0.1, -0.05) is 25.8 Å². The molecular formula is C18H27FN2O2. The molecule has 23 heavy (non-hydrogen) atoms. The molecule has 1 fully saturated rings. The molecule has 5 heteroatoms. The second kappa shape index (κ2) is 8.29. The van der Waals surface area contributed by atoms with Gasteiger partial charge in [-0.25, -0.2) is 4.39 Å². The zero-order valence-corrected chi connectivity index (χ0v) is 14.3. The van der Waals surface area contributed by atoms with Crippen LogP contribution < -0.4 is 10.1 Å². The van der Waals surface area contributed by atoms with Gasteiger partial charge in [0.05, 0.1) is 13.7 Å². The highest BCUT2D eigenvalue weighted by Crippen LogP contribution is 2.23. The first-order chi connectivity index (χ1) is 11.0. The van der Waals surface area contributed by atoms with Crippen molar-refractivity contribution in [2.24, 2.45) is 5.92 Å². The van der Waals surface area contributed by atoms with Gasteiger partial charge in [0.1, 0.15) is 0 Å². The van der Waals surface area contributed by atoms with E-state index in [-0.39, 0.29) is 17.5 Å². The first kappa shape index (κ1) is 17.7. The minimum Gasteiger partial charge on any atom is -0.494 e. The molecule has 2 rings (SSSR count). The largest absolute Gasteiger partial charge is 0.494 e. The second-order valence-electron chi connectivity index (χ2n) is 6.58. The summed E-state index contributed by atoms with van der Waals surface area (Å²) in [4.78, 5) is 14.1. The van der Waals surface area contributed by atoms with Crippen LogP contribution in [0.3, 0.4) is 0 Å². The van der Waals surface area contributed by atoms with E-state index in [1.54, 1.807) is 6.07 Å². The Morgan fingerprint density at radius 1 is 1.39 bits per heavy atom. The van der Waals surface area contributed by atoms with Crippen LogP contribution in [0.25, 0.3) is 0 Å². The zero-order chi connectivity index (χ0) is 16.8. The van der Waals surface area contributed by atoms with Crippen molar-refractivity contribution < 1.29 is 13.9 Å². The van der Waals surface area contributed by atoms with Crippen LogP contribution in [0.2, 0.25) is 0 Å². The summed E-state index contributed by atoms with van der Waals surface area (Å²) in [5, 5.41) is 3.14. The van der Waals surface area contributed by atoms with Crippen molar-refractivity contribution in [2.75, 3.05) is 20.7 Å². The molecule has 4 nitrogen and oxygen atoms in total. The van der Waals surface area contributed by atoms with Gasteiger partial charge in [-0.05, 0) is 43.5 Å². The molecule has 0 bridgehead atoms. The molecule has 1 aliphatic rings. The Morgan fingerprint density at radius 3 is 2.78 bits per heavy atom. The highest BCUT2D eigenvalue weighted by atomic mass is 19.1. The number of nitrogens with zero attached hydrogens (tertiary/aromatic N) is 1. The summed E-state index contributed by atoms with van der Waals surface area (Å²) in [6.45, 7) is 3.04. The molecule has 1 aliphatic carbocycles. The van der Waals surface area contributed by atoms with Gasteiger partial charge < -0.3 is 10.1 Å². The fraction of sp³-hybridized carbons (Fsp3) is 0.611. The van der Waals surface area contributed by atoms with Gasteiger partial charge in [0.25, 0.3) is 0 Å². The van der Waals surface area contributed by atoms with Crippen LogP contribution in [0.4, 0.5) is 4.39 Å². The summed E-state index contributed by atoms with van der Waals surface area (Å²) in [5.41, 5.74) is 0.824. The van der Waals surface area contributed by atoms with Crippen LogP contribution in [-0.2, 0) is 11.3 Å². The lowest BCUT2D eigenvalue weighted by Gasteiger charge is -2.30. The molecule has 1 N–H and O–H groups in total. The molecule has 1 saturated carbocycles. The summed E-state index contributed by atoms with van der Waals surface area (Å²) in [7, 11) is 3.31. The van der Waals surface area contributed by atoms with Crippen LogP contribution in [0.1, 0.15) is 38.2 Å². The standard InChI is InChI=1S/C18H27FN2O2/c1-13-6-4-5-7-16(13)20-18(22)12-21(2)11-14-8-9-17(23-3)15(19)10-14/h8-10,13,16H,4-7,11-12H2,1-3H3,(H,20,22)/t13-,16-/m0/s1. The van der Waals surface area contributed by atoms with Crippen LogP contribution in [0.15, 0.2) is 18.2 Å². The number of likely N-dealkylation sites (N-methyl/N-ethyl adjacent to an activating group) is 1. The SMILES string of the molecule is COc1ccc(CN(C)CC(=O)N[C@H]2CCCC[C@@H]2C)cc1F. The van der Waals surface area contributed by atoms with E-state index in [0.717, 1.165) is 12.0 Å². The normalized spacial score (nSPS) is 21.3. The van der Waals surface area contributed by atoms with Gasteiger partial charge >= 0.3 is 0 Å². The number of amides is 1. The van der Waals surface area contributed by atoms with Crippen LogP contribution in [0.5, 0.6) is 5.75 Å².